The van der Waals surface area contributed by atoms with Gasteiger partial charge in [0.25, 0.3) is 5.91 Å². The van der Waals surface area contributed by atoms with Crippen LogP contribution in [0.25, 0.3) is 10.4 Å². The van der Waals surface area contributed by atoms with Crippen LogP contribution < -0.4 is 10.1 Å². The summed E-state index contributed by atoms with van der Waals surface area (Å²) in [5.74, 6) is 0.367. The van der Waals surface area contributed by atoms with E-state index in [1.807, 2.05) is 0 Å². The fraction of sp³-hybridized carbons (Fsp3) is 0.417. The summed E-state index contributed by atoms with van der Waals surface area (Å²) in [5.41, 5.74) is 9.36. The van der Waals surface area contributed by atoms with E-state index in [0.717, 1.165) is 0 Å². The molecule has 100 valence electrons. The van der Waals surface area contributed by atoms with Gasteiger partial charge in [0.15, 0.2) is 6.10 Å². The third-order valence-electron chi connectivity index (χ3n) is 2.89. The number of benzene rings is 1. The van der Waals surface area contributed by atoms with Crippen molar-refractivity contribution in [1.29, 1.82) is 0 Å². The number of aliphatic hydroxyl groups excluding tert-OH is 1. The summed E-state index contributed by atoms with van der Waals surface area (Å²) >= 11 is 0. The lowest BCUT2D eigenvalue weighted by Crippen LogP contribution is -2.34. The molecule has 0 aliphatic carbocycles. The second-order valence-corrected chi connectivity index (χ2v) is 4.26. The molecular formula is C12H14N4O3. The second kappa shape index (κ2) is 5.60. The minimum absolute atomic E-state index is 0.215. The Hall–Kier alpha value is -2.24. The highest BCUT2D eigenvalue weighted by atomic mass is 16.5. The van der Waals surface area contributed by atoms with Crippen molar-refractivity contribution in [3.8, 4) is 5.75 Å². The molecule has 0 radical (unpaired) electrons. The monoisotopic (exact) mass is 262 g/mol. The summed E-state index contributed by atoms with van der Waals surface area (Å²) in [6.45, 7) is 1.88. The Balaban J connectivity index is 2.14. The molecule has 7 heteroatoms. The van der Waals surface area contributed by atoms with E-state index in [2.05, 4.69) is 15.3 Å². The number of hydrogen-bond acceptors (Lipinski definition) is 4. The molecule has 2 unspecified atom stereocenters. The molecule has 2 rings (SSSR count). The Bertz CT molecular complexity index is 540. The maximum atomic E-state index is 11.5. The lowest BCUT2D eigenvalue weighted by molar-refractivity contribution is -0.122. The van der Waals surface area contributed by atoms with Crippen LogP contribution in [0.3, 0.4) is 0 Å². The van der Waals surface area contributed by atoms with Crippen molar-refractivity contribution in [1.82, 2.24) is 0 Å². The van der Waals surface area contributed by atoms with Crippen LogP contribution in [0.1, 0.15) is 25.0 Å². The van der Waals surface area contributed by atoms with Crippen molar-refractivity contribution in [2.75, 3.05) is 11.9 Å². The molecule has 1 aromatic carbocycles. The van der Waals surface area contributed by atoms with Crippen molar-refractivity contribution in [2.24, 2.45) is 5.11 Å². The first-order chi connectivity index (χ1) is 9.11. The SMILES string of the molecule is CC1Oc2ccc(C(O)CCN=[N+]=[N-])cc2NC1=O. The number of nitrogens with one attached hydrogen (secondary N) is 1. The normalized spacial score (nSPS) is 18.6. The zero-order valence-corrected chi connectivity index (χ0v) is 10.4. The first-order valence-corrected chi connectivity index (χ1v) is 5.92. The van der Waals surface area contributed by atoms with Gasteiger partial charge in [-0.05, 0) is 36.6 Å². The Morgan fingerprint density at radius 2 is 2.42 bits per heavy atom. The molecule has 2 atom stereocenters. The largest absolute Gasteiger partial charge is 0.479 e. The summed E-state index contributed by atoms with van der Waals surface area (Å²) < 4.78 is 5.42. The van der Waals surface area contributed by atoms with E-state index in [4.69, 9.17) is 10.3 Å². The summed E-state index contributed by atoms with van der Waals surface area (Å²) in [5, 5.41) is 16.0. The van der Waals surface area contributed by atoms with E-state index >= 15 is 0 Å². The topological polar surface area (TPSA) is 107 Å². The summed E-state index contributed by atoms with van der Waals surface area (Å²) in [6.07, 6.45) is -0.936. The van der Waals surface area contributed by atoms with Crippen LogP contribution in [-0.4, -0.2) is 23.7 Å². The van der Waals surface area contributed by atoms with E-state index in [-0.39, 0.29) is 12.5 Å². The van der Waals surface area contributed by atoms with E-state index in [1.54, 1.807) is 25.1 Å². The number of anilines is 1. The number of nitrogens with zero attached hydrogens (tertiary/aromatic N) is 3. The molecule has 0 spiro atoms. The molecule has 1 aliphatic rings. The van der Waals surface area contributed by atoms with Gasteiger partial charge in [0.1, 0.15) is 5.75 Å². The standard InChI is InChI=1S/C12H14N4O3/c1-7-12(18)15-9-6-8(2-3-11(9)19-7)10(17)4-5-14-16-13/h2-3,6-7,10,17H,4-5H2,1H3,(H,15,18). The molecule has 0 bridgehead atoms. The van der Waals surface area contributed by atoms with E-state index in [0.29, 0.717) is 23.4 Å². The van der Waals surface area contributed by atoms with Gasteiger partial charge in [-0.1, -0.05) is 11.2 Å². The Morgan fingerprint density at radius 3 is 3.16 bits per heavy atom. The third-order valence-corrected chi connectivity index (χ3v) is 2.89. The number of ether oxygens (including phenoxy) is 1. The molecular weight excluding hydrogens is 248 g/mol. The molecule has 0 aromatic heterocycles. The van der Waals surface area contributed by atoms with Crippen molar-refractivity contribution in [3.63, 3.8) is 0 Å². The van der Waals surface area contributed by atoms with Crippen LogP contribution in [-0.2, 0) is 4.79 Å². The molecule has 1 amide bonds. The van der Waals surface area contributed by atoms with Gasteiger partial charge < -0.3 is 15.2 Å². The van der Waals surface area contributed by atoms with Gasteiger partial charge in [0.05, 0.1) is 11.8 Å². The predicted molar refractivity (Wildman–Crippen MR) is 68.8 cm³/mol. The van der Waals surface area contributed by atoms with Crippen LogP contribution in [0.5, 0.6) is 5.75 Å². The fourth-order valence-corrected chi connectivity index (χ4v) is 1.83. The summed E-state index contributed by atoms with van der Waals surface area (Å²) in [6, 6.07) is 5.10. The van der Waals surface area contributed by atoms with E-state index in [9.17, 15) is 9.90 Å². The van der Waals surface area contributed by atoms with Gasteiger partial charge in [-0.15, -0.1) is 0 Å². The number of azide groups is 1. The zero-order valence-electron chi connectivity index (χ0n) is 10.4. The molecule has 1 heterocycles. The number of carbonyl (C=O) groups is 1. The molecule has 1 aliphatic heterocycles. The van der Waals surface area contributed by atoms with Crippen LogP contribution >= 0.6 is 0 Å². The Kier molecular flexibility index (Phi) is 3.89. The highest BCUT2D eigenvalue weighted by molar-refractivity contribution is 5.97. The maximum absolute atomic E-state index is 11.5. The Morgan fingerprint density at radius 1 is 1.63 bits per heavy atom. The minimum Gasteiger partial charge on any atom is -0.479 e. The average Bonchev–Trinajstić information content (AvgIpc) is 2.40. The lowest BCUT2D eigenvalue weighted by Gasteiger charge is -2.24. The molecule has 0 saturated heterocycles. The highest BCUT2D eigenvalue weighted by Crippen LogP contribution is 2.32. The quantitative estimate of drug-likeness (QED) is 0.493. The van der Waals surface area contributed by atoms with Gasteiger partial charge >= 0.3 is 0 Å². The average molecular weight is 262 g/mol. The van der Waals surface area contributed by atoms with Crippen LogP contribution in [0, 0.1) is 0 Å². The Labute approximate surface area is 109 Å². The van der Waals surface area contributed by atoms with E-state index in [1.165, 1.54) is 0 Å². The summed E-state index contributed by atoms with van der Waals surface area (Å²) in [4.78, 5) is 14.1. The van der Waals surface area contributed by atoms with Crippen molar-refractivity contribution in [2.45, 2.75) is 25.6 Å². The predicted octanol–water partition coefficient (Wildman–Crippen LogP) is 2.14. The van der Waals surface area contributed by atoms with Gasteiger partial charge in [-0.3, -0.25) is 4.79 Å². The smallest absolute Gasteiger partial charge is 0.265 e. The molecule has 0 fully saturated rings. The molecule has 19 heavy (non-hydrogen) atoms. The maximum Gasteiger partial charge on any atom is 0.265 e. The number of fused-ring (bicyclic) bond motifs is 1. The van der Waals surface area contributed by atoms with Gasteiger partial charge in [-0.25, -0.2) is 0 Å². The fourth-order valence-electron chi connectivity index (χ4n) is 1.83. The summed E-state index contributed by atoms with van der Waals surface area (Å²) in [7, 11) is 0. The number of aliphatic hydroxyl groups is 1. The van der Waals surface area contributed by atoms with E-state index < -0.39 is 12.2 Å². The van der Waals surface area contributed by atoms with Crippen LogP contribution in [0.15, 0.2) is 23.3 Å². The first kappa shape index (κ1) is 13.2. The lowest BCUT2D eigenvalue weighted by atomic mass is 10.0. The number of carbonyl (C=O) groups excluding carboxylic acids is 1. The number of amides is 1. The highest BCUT2D eigenvalue weighted by Gasteiger charge is 2.24. The molecule has 7 nitrogen and oxygen atoms in total. The first-order valence-electron chi connectivity index (χ1n) is 5.92. The zero-order chi connectivity index (χ0) is 13.8. The van der Waals surface area contributed by atoms with Crippen LogP contribution in [0.4, 0.5) is 5.69 Å². The second-order valence-electron chi connectivity index (χ2n) is 4.26. The van der Waals surface area contributed by atoms with Crippen LogP contribution in [0.2, 0.25) is 0 Å². The van der Waals surface area contributed by atoms with Gasteiger partial charge in [0, 0.05) is 11.5 Å². The van der Waals surface area contributed by atoms with Crippen molar-refractivity contribution < 1.29 is 14.6 Å². The molecule has 0 saturated carbocycles. The van der Waals surface area contributed by atoms with Crippen molar-refractivity contribution >= 4 is 11.6 Å². The van der Waals surface area contributed by atoms with Gasteiger partial charge in [0.2, 0.25) is 0 Å². The number of hydrogen-bond donors (Lipinski definition) is 2. The molecule has 1 aromatic rings. The van der Waals surface area contributed by atoms with Crippen molar-refractivity contribution in [3.05, 3.63) is 34.2 Å². The van der Waals surface area contributed by atoms with Gasteiger partial charge in [-0.2, -0.15) is 0 Å². The minimum atomic E-state index is -0.743. The molecule has 2 N–H and O–H groups in total. The number of rotatable bonds is 4. The third kappa shape index (κ3) is 2.96.